The van der Waals surface area contributed by atoms with Gasteiger partial charge in [0.1, 0.15) is 5.76 Å². The second-order valence-electron chi connectivity index (χ2n) is 6.67. The van der Waals surface area contributed by atoms with Crippen LogP contribution in [0.2, 0.25) is 0 Å². The van der Waals surface area contributed by atoms with Crippen molar-refractivity contribution in [2.75, 3.05) is 0 Å². The monoisotopic (exact) mass is 364 g/mol. The Bertz CT molecular complexity index is 1060. The molecule has 138 valence electrons. The van der Waals surface area contributed by atoms with Crippen molar-refractivity contribution in [3.8, 4) is 0 Å². The number of hydrogen-bond acceptors (Lipinski definition) is 4. The van der Waals surface area contributed by atoms with E-state index in [0.29, 0.717) is 5.76 Å². The van der Waals surface area contributed by atoms with Crippen LogP contribution in [0, 0.1) is 0 Å². The number of benzene rings is 1. The van der Waals surface area contributed by atoms with Gasteiger partial charge in [0.05, 0.1) is 24.4 Å². The van der Waals surface area contributed by atoms with E-state index in [2.05, 4.69) is 0 Å². The molecule has 0 spiro atoms. The van der Waals surface area contributed by atoms with E-state index in [1.54, 1.807) is 19.1 Å². The van der Waals surface area contributed by atoms with Gasteiger partial charge in [-0.1, -0.05) is 25.1 Å². The van der Waals surface area contributed by atoms with Crippen LogP contribution in [-0.4, -0.2) is 26.3 Å². The molecule has 1 N–H and O–H groups in total. The van der Waals surface area contributed by atoms with Gasteiger partial charge in [0.25, 0.3) is 5.91 Å². The Morgan fingerprint density at radius 1 is 1.22 bits per heavy atom. The molecule has 3 heterocycles. The second kappa shape index (κ2) is 6.46. The number of Topliss-reactive ketones (excluding diaryl/α,β-unsaturated/α-hetero) is 1. The predicted octanol–water partition coefficient (Wildman–Crippen LogP) is 3.65. The number of amides is 1. The number of aryl methyl sites for hydroxylation is 1. The molecule has 1 amide bonds. The van der Waals surface area contributed by atoms with Crippen molar-refractivity contribution in [1.29, 1.82) is 0 Å². The lowest BCUT2D eigenvalue weighted by Crippen LogP contribution is -2.30. The Morgan fingerprint density at radius 3 is 2.70 bits per heavy atom. The Balaban J connectivity index is 1.90. The number of aliphatic hydroxyl groups excluding tert-OH is 1. The number of rotatable bonds is 5. The molecule has 1 atom stereocenters. The van der Waals surface area contributed by atoms with Crippen molar-refractivity contribution in [1.82, 2.24) is 9.47 Å². The molecule has 0 aliphatic carbocycles. The van der Waals surface area contributed by atoms with E-state index in [1.807, 2.05) is 42.1 Å². The van der Waals surface area contributed by atoms with Crippen molar-refractivity contribution >= 4 is 22.6 Å². The molecule has 4 rings (SSSR count). The molecule has 6 heteroatoms. The standard InChI is InChI=1S/C21H20N2O4/c1-3-17(24)18-19(15-12-22(2)16-9-5-4-8-14(15)16)23(21(26)20(18)25)11-13-7-6-10-27-13/h4-10,12,19,25H,3,11H2,1-2H3. The first-order valence-corrected chi connectivity index (χ1v) is 8.86. The van der Waals surface area contributed by atoms with Crippen LogP contribution in [0.5, 0.6) is 0 Å². The molecule has 0 bridgehead atoms. The largest absolute Gasteiger partial charge is 0.503 e. The summed E-state index contributed by atoms with van der Waals surface area (Å²) in [5.74, 6) is -0.667. The Labute approximate surface area is 156 Å². The summed E-state index contributed by atoms with van der Waals surface area (Å²) >= 11 is 0. The molecule has 0 saturated heterocycles. The van der Waals surface area contributed by atoms with Crippen LogP contribution >= 0.6 is 0 Å². The van der Waals surface area contributed by atoms with Crippen molar-refractivity contribution in [2.45, 2.75) is 25.9 Å². The van der Waals surface area contributed by atoms with Crippen LogP contribution in [0.25, 0.3) is 10.9 Å². The Hall–Kier alpha value is -3.28. The normalized spacial score (nSPS) is 17.3. The van der Waals surface area contributed by atoms with Crippen LogP contribution in [0.3, 0.4) is 0 Å². The maximum atomic E-state index is 12.8. The summed E-state index contributed by atoms with van der Waals surface area (Å²) in [5.41, 5.74) is 1.96. The first-order chi connectivity index (χ1) is 13.0. The molecule has 0 fully saturated rings. The van der Waals surface area contributed by atoms with Gasteiger partial charge in [0.15, 0.2) is 11.5 Å². The Kier molecular flexibility index (Phi) is 4.11. The van der Waals surface area contributed by atoms with Gasteiger partial charge in [0, 0.05) is 36.1 Å². The zero-order valence-corrected chi connectivity index (χ0v) is 15.2. The van der Waals surface area contributed by atoms with Gasteiger partial charge >= 0.3 is 0 Å². The number of nitrogens with zero attached hydrogens (tertiary/aromatic N) is 2. The first kappa shape index (κ1) is 17.1. The Morgan fingerprint density at radius 2 is 2.00 bits per heavy atom. The zero-order valence-electron chi connectivity index (χ0n) is 15.2. The van der Waals surface area contributed by atoms with Crippen LogP contribution in [0.15, 0.2) is 64.6 Å². The molecule has 1 unspecified atom stereocenters. The molecular weight excluding hydrogens is 344 g/mol. The molecule has 6 nitrogen and oxygen atoms in total. The maximum Gasteiger partial charge on any atom is 0.290 e. The molecular formula is C21H20N2O4. The van der Waals surface area contributed by atoms with E-state index in [0.717, 1.165) is 16.5 Å². The van der Waals surface area contributed by atoms with E-state index < -0.39 is 17.7 Å². The topological polar surface area (TPSA) is 75.7 Å². The van der Waals surface area contributed by atoms with Gasteiger partial charge in [0.2, 0.25) is 0 Å². The fraction of sp³-hybridized carbons (Fsp3) is 0.238. The van der Waals surface area contributed by atoms with Gasteiger partial charge in [-0.3, -0.25) is 9.59 Å². The lowest BCUT2D eigenvalue weighted by Gasteiger charge is -2.25. The van der Waals surface area contributed by atoms with Gasteiger partial charge in [-0.2, -0.15) is 0 Å². The summed E-state index contributed by atoms with van der Waals surface area (Å²) in [7, 11) is 1.92. The van der Waals surface area contributed by atoms with Gasteiger partial charge in [-0.15, -0.1) is 0 Å². The quantitative estimate of drug-likeness (QED) is 0.750. The highest BCUT2D eigenvalue weighted by Crippen LogP contribution is 2.42. The molecule has 2 aromatic heterocycles. The average molecular weight is 364 g/mol. The van der Waals surface area contributed by atoms with Crippen molar-refractivity contribution < 1.29 is 19.1 Å². The number of carbonyl (C=O) groups excluding carboxylic acids is 2. The number of aliphatic hydroxyl groups is 1. The van der Waals surface area contributed by atoms with Crippen LogP contribution in [0.4, 0.5) is 0 Å². The first-order valence-electron chi connectivity index (χ1n) is 8.86. The van der Waals surface area contributed by atoms with Crippen LogP contribution in [-0.2, 0) is 23.2 Å². The summed E-state index contributed by atoms with van der Waals surface area (Å²) in [5, 5.41) is 11.4. The van der Waals surface area contributed by atoms with E-state index in [1.165, 1.54) is 11.2 Å². The minimum atomic E-state index is -0.652. The van der Waals surface area contributed by atoms with Crippen molar-refractivity contribution in [3.63, 3.8) is 0 Å². The van der Waals surface area contributed by atoms with Crippen LogP contribution in [0.1, 0.15) is 30.7 Å². The summed E-state index contributed by atoms with van der Waals surface area (Å²) in [6.45, 7) is 1.90. The molecule has 1 aliphatic rings. The van der Waals surface area contributed by atoms with Crippen molar-refractivity contribution in [2.24, 2.45) is 7.05 Å². The zero-order chi connectivity index (χ0) is 19.1. The number of para-hydroxylation sites is 1. The molecule has 0 saturated carbocycles. The minimum Gasteiger partial charge on any atom is -0.503 e. The summed E-state index contributed by atoms with van der Waals surface area (Å²) in [6, 6.07) is 10.7. The van der Waals surface area contributed by atoms with Gasteiger partial charge in [-0.25, -0.2) is 0 Å². The van der Waals surface area contributed by atoms with Gasteiger partial charge < -0.3 is 19.0 Å². The fourth-order valence-corrected chi connectivity index (χ4v) is 3.78. The third kappa shape index (κ3) is 2.65. The smallest absolute Gasteiger partial charge is 0.290 e. The highest BCUT2D eigenvalue weighted by molar-refractivity contribution is 6.09. The fourth-order valence-electron chi connectivity index (χ4n) is 3.78. The molecule has 3 aromatic rings. The summed E-state index contributed by atoms with van der Waals surface area (Å²) in [4.78, 5) is 26.9. The van der Waals surface area contributed by atoms with Gasteiger partial charge in [-0.05, 0) is 18.2 Å². The predicted molar refractivity (Wildman–Crippen MR) is 99.9 cm³/mol. The number of fused-ring (bicyclic) bond motifs is 1. The molecule has 1 aromatic carbocycles. The third-order valence-corrected chi connectivity index (χ3v) is 5.05. The van der Waals surface area contributed by atoms with E-state index in [-0.39, 0.29) is 24.3 Å². The lowest BCUT2D eigenvalue weighted by atomic mass is 9.94. The number of ketones is 1. The minimum absolute atomic E-state index is 0.158. The highest BCUT2D eigenvalue weighted by Gasteiger charge is 2.44. The third-order valence-electron chi connectivity index (χ3n) is 5.05. The highest BCUT2D eigenvalue weighted by atomic mass is 16.3. The number of hydrogen-bond donors (Lipinski definition) is 1. The molecule has 1 aliphatic heterocycles. The number of furan rings is 1. The number of carbonyl (C=O) groups is 2. The lowest BCUT2D eigenvalue weighted by molar-refractivity contribution is -0.130. The van der Waals surface area contributed by atoms with E-state index in [4.69, 9.17) is 4.42 Å². The maximum absolute atomic E-state index is 12.8. The second-order valence-corrected chi connectivity index (χ2v) is 6.67. The SMILES string of the molecule is CCC(=O)C1=C(O)C(=O)N(Cc2ccco2)C1c1cn(C)c2ccccc12. The average Bonchev–Trinajstić information content (AvgIpc) is 3.36. The van der Waals surface area contributed by atoms with E-state index >= 15 is 0 Å². The molecule has 0 radical (unpaired) electrons. The summed E-state index contributed by atoms with van der Waals surface area (Å²) in [6.07, 6.45) is 3.66. The number of aromatic nitrogens is 1. The van der Waals surface area contributed by atoms with Crippen LogP contribution < -0.4 is 0 Å². The van der Waals surface area contributed by atoms with E-state index in [9.17, 15) is 14.7 Å². The van der Waals surface area contributed by atoms with Crippen molar-refractivity contribution in [3.05, 3.63) is 71.5 Å². The molecule has 27 heavy (non-hydrogen) atoms. The summed E-state index contributed by atoms with van der Waals surface area (Å²) < 4.78 is 7.36.